The molecule has 1 saturated heterocycles. The normalized spacial score (nSPS) is 18.4. The van der Waals surface area contributed by atoms with Crippen molar-refractivity contribution in [3.8, 4) is 0 Å². The molecule has 0 aromatic rings. The Morgan fingerprint density at radius 2 is 0.712 bits per heavy atom. The van der Waals surface area contributed by atoms with E-state index < -0.39 is 158 Å². The Bertz CT molecular complexity index is 2950. The third-order valence-corrected chi connectivity index (χ3v) is 15.8. The molecule has 44 nitrogen and oxygen atoms in total. The first-order valence-electron chi connectivity index (χ1n) is 34.2. The van der Waals surface area contributed by atoms with Gasteiger partial charge in [0, 0.05) is 71.0 Å². The van der Waals surface area contributed by atoms with Crippen LogP contribution < -0.4 is 139 Å². The quantitative estimate of drug-likeness (QED) is 0.0117. The Labute approximate surface area is 609 Å². The van der Waals surface area contributed by atoms with Gasteiger partial charge in [0.2, 0.25) is 70.9 Å². The molecule has 588 valence electrons. The molecular weight excluding hydrogens is 1380 g/mol. The van der Waals surface area contributed by atoms with Crippen LogP contribution in [-0.4, -0.2) is 244 Å². The summed E-state index contributed by atoms with van der Waals surface area (Å²) in [5.74, 6) is -12.6. The van der Waals surface area contributed by atoms with E-state index in [0.29, 0.717) is 19.3 Å². The van der Waals surface area contributed by atoms with Gasteiger partial charge in [-0.1, -0.05) is 0 Å². The summed E-state index contributed by atoms with van der Waals surface area (Å²) in [6, 6.07) is -12.9. The van der Waals surface area contributed by atoms with Crippen LogP contribution >= 0.6 is 12.6 Å². The Balaban J connectivity index is 4.27. The van der Waals surface area contributed by atoms with E-state index >= 15 is 4.79 Å². The number of nitrogens with two attached hydrogens (primary N) is 15. The standard InChI is InChI=1S/C59H114N32O12S/c60-21-3-1-11-35-48(98)85-36(12-2-4-22-61)49(99)87-38(16-8-26-79-57(69)70)51(101)89-40(18-10-28-81-59(73)74)53(103)91(30-29-75-42(92)19-20-43(93)82-33(46(96)84-35)13-5-23-76-54(63)64)31-44(94)83-34(14-6-24-77-55(65)66)47(97)86-37(15-7-25-78-56(67)68)50(100)88-39(17-9-27-80-58(71)72)52(102)90-41(32-104)45(62)95/h33-41,104H,1-32,60-61H2,(H2,62,95)(H,75,92)(H,82,93)(H,83,94)(H,84,96)(H,85,98)(H,86,97)(H,87,99)(H,88,100)(H,89,101)(H,90,102)(H4,63,64,76)(H4,65,66,77)(H4,67,68,78)(H4,69,70,79)(H4,71,72,80)(H4,73,74,81)/t33-,34-,35-,36-,37-,38-,39-,40-,41-/m0/s1. The zero-order valence-electron chi connectivity index (χ0n) is 59.0. The maximum atomic E-state index is 15.3. The second-order valence-corrected chi connectivity index (χ2v) is 24.5. The molecular formula is C59H114N32O12S. The van der Waals surface area contributed by atoms with Crippen LogP contribution in [0.15, 0.2) is 30.0 Å². The highest BCUT2D eigenvalue weighted by atomic mass is 32.1. The maximum Gasteiger partial charge on any atom is 0.245 e. The molecule has 9 atom stereocenters. The summed E-state index contributed by atoms with van der Waals surface area (Å²) in [5, 5.41) is 26.3. The van der Waals surface area contributed by atoms with Crippen LogP contribution in [0.5, 0.6) is 0 Å². The van der Waals surface area contributed by atoms with Gasteiger partial charge in [0.15, 0.2) is 35.8 Å². The number of unbranched alkanes of at least 4 members (excludes halogenated alkanes) is 2. The molecule has 1 heterocycles. The molecule has 1 aliphatic heterocycles. The molecule has 40 N–H and O–H groups in total. The van der Waals surface area contributed by atoms with Gasteiger partial charge in [-0.15, -0.1) is 0 Å². The first-order valence-corrected chi connectivity index (χ1v) is 34.8. The van der Waals surface area contributed by atoms with Gasteiger partial charge in [-0.2, -0.15) is 12.6 Å². The molecule has 0 spiro atoms. The van der Waals surface area contributed by atoms with Gasteiger partial charge in [-0.3, -0.25) is 87.5 Å². The minimum Gasteiger partial charge on any atom is -0.370 e. The van der Waals surface area contributed by atoms with Crippen molar-refractivity contribution in [1.82, 2.24) is 58.1 Å². The highest BCUT2D eigenvalue weighted by Gasteiger charge is 2.36. The number of carbonyl (C=O) groups excluding carboxylic acids is 12. The van der Waals surface area contributed by atoms with E-state index in [0.717, 1.165) is 4.90 Å². The fraction of sp³-hybridized carbons (Fsp3) is 0.695. The molecule has 0 radical (unpaired) electrons. The van der Waals surface area contributed by atoms with E-state index in [-0.39, 0.29) is 190 Å². The lowest BCUT2D eigenvalue weighted by molar-refractivity contribution is -0.141. The van der Waals surface area contributed by atoms with Crippen LogP contribution in [0.25, 0.3) is 0 Å². The number of amides is 12. The zero-order chi connectivity index (χ0) is 78.1. The van der Waals surface area contributed by atoms with Gasteiger partial charge >= 0.3 is 0 Å². The minimum atomic E-state index is -1.60. The predicted molar refractivity (Wildman–Crippen MR) is 395 cm³/mol. The fourth-order valence-electron chi connectivity index (χ4n) is 10.1. The molecule has 0 saturated carbocycles. The molecule has 1 aliphatic rings. The summed E-state index contributed by atoms with van der Waals surface area (Å²) in [6.07, 6.45) is -0.241. The average Bonchev–Trinajstić information content (AvgIpc) is 0.863. The molecule has 0 aromatic heterocycles. The molecule has 104 heavy (non-hydrogen) atoms. The lowest BCUT2D eigenvalue weighted by Gasteiger charge is -2.30. The van der Waals surface area contributed by atoms with E-state index in [1.165, 1.54) is 0 Å². The summed E-state index contributed by atoms with van der Waals surface area (Å²) in [4.78, 5) is 195. The number of hydrogen-bond acceptors (Lipinski definition) is 21. The number of nitrogens with one attached hydrogen (secondary N) is 10. The van der Waals surface area contributed by atoms with Crippen molar-refractivity contribution in [1.29, 1.82) is 0 Å². The van der Waals surface area contributed by atoms with Crippen molar-refractivity contribution < 1.29 is 57.5 Å². The number of carbonyl (C=O) groups is 12. The largest absolute Gasteiger partial charge is 0.370 e. The molecule has 0 unspecified atom stereocenters. The lowest BCUT2D eigenvalue weighted by atomic mass is 10.0. The smallest absolute Gasteiger partial charge is 0.245 e. The first-order chi connectivity index (χ1) is 49.3. The summed E-state index contributed by atoms with van der Waals surface area (Å²) < 4.78 is 0. The SMILES string of the molecule is NCCCC[C@@H]1NC(=O)[C@H](CCCN=C(N)N)NC(=O)CCC(=O)NCCN(CC(=O)N[C@@H](CCCN=C(N)N)C(=O)N[C@@H](CCCN=C(N)N)C(=O)N[C@@H](CCCN=C(N)N)C(=O)N[C@@H](CS)C(N)=O)C(=O)[C@H](CCCN=C(N)N)NC(=O)[C@H](CCCN=C(N)N)NC(=O)[C@H](CCCCN)NC1=O. The van der Waals surface area contributed by atoms with Gasteiger partial charge < -0.3 is 144 Å². The Morgan fingerprint density at radius 3 is 1.06 bits per heavy atom. The Kier molecular flexibility index (Phi) is 46.2. The fourth-order valence-corrected chi connectivity index (χ4v) is 10.3. The number of hydrogen-bond donors (Lipinski definition) is 26. The van der Waals surface area contributed by atoms with Crippen LogP contribution in [-0.2, 0) is 57.5 Å². The topological polar surface area (TPSA) is 793 Å². The number of nitrogens with zero attached hydrogens (tertiary/aromatic N) is 7. The van der Waals surface area contributed by atoms with Gasteiger partial charge in [-0.25, -0.2) is 0 Å². The summed E-state index contributed by atoms with van der Waals surface area (Å²) in [7, 11) is 0. The number of aliphatic imine (C=N–C) groups is 6. The predicted octanol–water partition coefficient (Wildman–Crippen LogP) is -11.9. The zero-order valence-corrected chi connectivity index (χ0v) is 59.9. The Morgan fingerprint density at radius 1 is 0.404 bits per heavy atom. The van der Waals surface area contributed by atoms with Crippen molar-refractivity contribution in [3.05, 3.63) is 0 Å². The second kappa shape index (κ2) is 52.5. The lowest BCUT2D eigenvalue weighted by Crippen LogP contribution is -2.60. The van der Waals surface area contributed by atoms with Crippen LogP contribution in [0.4, 0.5) is 0 Å². The Hall–Kier alpha value is -10.5. The van der Waals surface area contributed by atoms with Gasteiger partial charge in [0.1, 0.15) is 54.4 Å². The van der Waals surface area contributed by atoms with Crippen molar-refractivity contribution in [2.24, 2.45) is 116 Å². The molecule has 0 aliphatic carbocycles. The van der Waals surface area contributed by atoms with Crippen molar-refractivity contribution in [2.75, 3.05) is 77.7 Å². The third-order valence-electron chi connectivity index (χ3n) is 15.4. The van der Waals surface area contributed by atoms with Gasteiger partial charge in [0.25, 0.3) is 0 Å². The second-order valence-electron chi connectivity index (χ2n) is 24.1. The van der Waals surface area contributed by atoms with E-state index in [9.17, 15) is 52.7 Å². The van der Waals surface area contributed by atoms with E-state index in [1.807, 2.05) is 0 Å². The van der Waals surface area contributed by atoms with E-state index in [1.54, 1.807) is 0 Å². The van der Waals surface area contributed by atoms with E-state index in [4.69, 9.17) is 86.0 Å². The number of rotatable bonds is 43. The molecule has 0 aromatic carbocycles. The van der Waals surface area contributed by atoms with Crippen LogP contribution in [0, 0.1) is 0 Å². The van der Waals surface area contributed by atoms with Crippen molar-refractivity contribution in [2.45, 2.75) is 183 Å². The van der Waals surface area contributed by atoms with Crippen molar-refractivity contribution >= 4 is 119 Å². The monoisotopic (exact) mass is 1490 g/mol. The molecule has 1 fully saturated rings. The number of primary amides is 1. The maximum absolute atomic E-state index is 15.3. The van der Waals surface area contributed by atoms with Gasteiger partial charge in [-0.05, 0) is 129 Å². The van der Waals surface area contributed by atoms with Crippen LogP contribution in [0.2, 0.25) is 0 Å². The summed E-state index contributed by atoms with van der Waals surface area (Å²) in [5.41, 5.74) is 84.0. The highest BCUT2D eigenvalue weighted by Crippen LogP contribution is 2.13. The molecule has 0 bridgehead atoms. The number of thiol groups is 1. The van der Waals surface area contributed by atoms with Gasteiger partial charge in [0.05, 0.1) is 6.54 Å². The van der Waals surface area contributed by atoms with E-state index in [2.05, 4.69) is 95.8 Å². The molecule has 1 rings (SSSR count). The third kappa shape index (κ3) is 41.4. The minimum absolute atomic E-state index is 0.00399. The summed E-state index contributed by atoms with van der Waals surface area (Å²) >= 11 is 4.09. The van der Waals surface area contributed by atoms with Crippen LogP contribution in [0.1, 0.15) is 128 Å². The number of guanidine groups is 6. The van der Waals surface area contributed by atoms with Crippen molar-refractivity contribution in [3.63, 3.8) is 0 Å². The average molecular weight is 1500 g/mol. The first kappa shape index (κ1) is 91.5. The molecule has 45 heteroatoms. The molecule has 12 amide bonds. The highest BCUT2D eigenvalue weighted by molar-refractivity contribution is 7.80. The summed E-state index contributed by atoms with van der Waals surface area (Å²) in [6.45, 7) is -1.65. The van der Waals surface area contributed by atoms with Crippen LogP contribution in [0.3, 0.4) is 0 Å².